The number of hydrogen-bond donors (Lipinski definition) is 0. The molecule has 0 bridgehead atoms. The molecule has 86 valence electrons. The van der Waals surface area contributed by atoms with Gasteiger partial charge in [-0.25, -0.2) is 0 Å². The molecule has 15 heavy (non-hydrogen) atoms. The smallest absolute Gasteiger partial charge is 0.154 e. The highest BCUT2D eigenvalue weighted by molar-refractivity contribution is 5.90. The molecule has 1 aliphatic carbocycles. The van der Waals surface area contributed by atoms with Crippen molar-refractivity contribution in [3.8, 4) is 0 Å². The number of nitrogens with zero attached hydrogens (tertiary/aromatic N) is 1. The van der Waals surface area contributed by atoms with E-state index < -0.39 is 0 Å². The second-order valence-electron chi connectivity index (χ2n) is 5.39. The molecular weight excluding hydrogens is 186 g/mol. The van der Waals surface area contributed by atoms with E-state index in [9.17, 15) is 4.79 Å². The van der Waals surface area contributed by atoms with Crippen LogP contribution in [0.4, 0.5) is 0 Å². The second-order valence-corrected chi connectivity index (χ2v) is 5.39. The molecular formula is C13H23NO. The summed E-state index contributed by atoms with van der Waals surface area (Å²) >= 11 is 0. The van der Waals surface area contributed by atoms with E-state index in [0.29, 0.717) is 5.78 Å². The molecule has 2 heteroatoms. The number of carbonyl (C=O) groups is 1. The van der Waals surface area contributed by atoms with E-state index in [1.54, 1.807) is 0 Å². The fourth-order valence-corrected chi connectivity index (χ4v) is 3.52. The van der Waals surface area contributed by atoms with E-state index in [1.165, 1.54) is 19.3 Å². The molecule has 0 N–H and O–H groups in total. The van der Waals surface area contributed by atoms with E-state index in [2.05, 4.69) is 18.7 Å². The molecule has 0 aromatic carbocycles. The fourth-order valence-electron chi connectivity index (χ4n) is 3.52. The maximum atomic E-state index is 12.1. The second kappa shape index (κ2) is 4.25. The van der Waals surface area contributed by atoms with Crippen molar-refractivity contribution in [1.82, 2.24) is 4.90 Å². The number of rotatable bonds is 2. The minimum atomic E-state index is -0.0341. The summed E-state index contributed by atoms with van der Waals surface area (Å²) in [7, 11) is 0. The quantitative estimate of drug-likeness (QED) is 0.697. The molecule has 0 aromatic rings. The molecule has 1 heterocycles. The lowest BCUT2D eigenvalue weighted by Gasteiger charge is -2.42. The third-order valence-corrected chi connectivity index (χ3v) is 4.20. The van der Waals surface area contributed by atoms with E-state index in [1.807, 2.05) is 0 Å². The summed E-state index contributed by atoms with van der Waals surface area (Å²) in [5.41, 5.74) is -0.0341. The monoisotopic (exact) mass is 209 g/mol. The van der Waals surface area contributed by atoms with Crippen LogP contribution in [0.1, 0.15) is 52.4 Å². The lowest BCUT2D eigenvalue weighted by molar-refractivity contribution is -0.127. The molecule has 2 fully saturated rings. The number of hydrogen-bond acceptors (Lipinski definition) is 2. The van der Waals surface area contributed by atoms with Gasteiger partial charge in [-0.15, -0.1) is 0 Å². The Morgan fingerprint density at radius 1 is 1.53 bits per heavy atom. The van der Waals surface area contributed by atoms with Crippen molar-refractivity contribution < 1.29 is 4.79 Å². The highest BCUT2D eigenvalue weighted by atomic mass is 16.1. The Balaban J connectivity index is 2.16. The minimum Gasteiger partial charge on any atom is -0.298 e. The van der Waals surface area contributed by atoms with Gasteiger partial charge >= 0.3 is 0 Å². The van der Waals surface area contributed by atoms with Crippen LogP contribution in [-0.4, -0.2) is 29.3 Å². The van der Waals surface area contributed by atoms with Gasteiger partial charge in [0.15, 0.2) is 5.78 Å². The van der Waals surface area contributed by atoms with Gasteiger partial charge in [-0.05, 0) is 31.7 Å². The Morgan fingerprint density at radius 2 is 2.33 bits per heavy atom. The van der Waals surface area contributed by atoms with Crippen molar-refractivity contribution in [1.29, 1.82) is 0 Å². The van der Waals surface area contributed by atoms with Crippen molar-refractivity contribution in [3.05, 3.63) is 0 Å². The minimum absolute atomic E-state index is 0.0341. The Morgan fingerprint density at radius 3 is 3.00 bits per heavy atom. The summed E-state index contributed by atoms with van der Waals surface area (Å²) in [5, 5.41) is 0. The van der Waals surface area contributed by atoms with Crippen LogP contribution in [0.5, 0.6) is 0 Å². The van der Waals surface area contributed by atoms with Gasteiger partial charge in [0.1, 0.15) is 0 Å². The first kappa shape index (κ1) is 11.1. The summed E-state index contributed by atoms with van der Waals surface area (Å²) in [4.78, 5) is 14.6. The number of ketones is 1. The third-order valence-electron chi connectivity index (χ3n) is 4.20. The highest BCUT2D eigenvalue weighted by Gasteiger charge is 2.49. The summed E-state index contributed by atoms with van der Waals surface area (Å²) in [5.74, 6) is 1.27. The zero-order valence-electron chi connectivity index (χ0n) is 10.1. The summed E-state index contributed by atoms with van der Waals surface area (Å²) in [6, 6.07) is 0. The number of likely N-dealkylation sites (tertiary alicyclic amines) is 1. The largest absolute Gasteiger partial charge is 0.298 e. The van der Waals surface area contributed by atoms with Crippen LogP contribution in [0, 0.1) is 5.92 Å². The SMILES string of the molecule is CCCN1CCC(=O)C12CCCC(C)C2. The molecule has 2 aliphatic rings. The highest BCUT2D eigenvalue weighted by Crippen LogP contribution is 2.41. The van der Waals surface area contributed by atoms with Gasteiger partial charge < -0.3 is 0 Å². The maximum absolute atomic E-state index is 12.1. The molecule has 2 unspecified atom stereocenters. The van der Waals surface area contributed by atoms with Crippen molar-refractivity contribution in [2.75, 3.05) is 13.1 Å². The molecule has 0 radical (unpaired) electrons. The lowest BCUT2D eigenvalue weighted by Crippen LogP contribution is -2.51. The zero-order valence-corrected chi connectivity index (χ0v) is 10.1. The van der Waals surface area contributed by atoms with Crippen molar-refractivity contribution >= 4 is 5.78 Å². The first-order valence-electron chi connectivity index (χ1n) is 6.47. The van der Waals surface area contributed by atoms with E-state index >= 15 is 0 Å². The van der Waals surface area contributed by atoms with Crippen LogP contribution in [0.2, 0.25) is 0 Å². The van der Waals surface area contributed by atoms with Gasteiger partial charge in [-0.3, -0.25) is 9.69 Å². The molecule has 2 rings (SSSR count). The average molecular weight is 209 g/mol. The fraction of sp³-hybridized carbons (Fsp3) is 0.923. The van der Waals surface area contributed by atoms with Crippen LogP contribution in [0.15, 0.2) is 0 Å². The van der Waals surface area contributed by atoms with Gasteiger partial charge in [0, 0.05) is 13.0 Å². The van der Waals surface area contributed by atoms with Crippen LogP contribution < -0.4 is 0 Å². The number of carbonyl (C=O) groups excluding carboxylic acids is 1. The average Bonchev–Trinajstić information content (AvgIpc) is 2.48. The molecule has 1 saturated heterocycles. The van der Waals surface area contributed by atoms with Gasteiger partial charge in [-0.1, -0.05) is 26.7 Å². The first-order chi connectivity index (χ1) is 7.19. The molecule has 1 aliphatic heterocycles. The van der Waals surface area contributed by atoms with Crippen molar-refractivity contribution in [2.24, 2.45) is 5.92 Å². The van der Waals surface area contributed by atoms with Crippen molar-refractivity contribution in [3.63, 3.8) is 0 Å². The Labute approximate surface area is 93.0 Å². The van der Waals surface area contributed by atoms with Gasteiger partial charge in [0.05, 0.1) is 5.54 Å². The van der Waals surface area contributed by atoms with Gasteiger partial charge in [-0.2, -0.15) is 0 Å². The summed E-state index contributed by atoms with van der Waals surface area (Å²) in [6.45, 7) is 6.64. The van der Waals surface area contributed by atoms with E-state index in [4.69, 9.17) is 0 Å². The van der Waals surface area contributed by atoms with Crippen LogP contribution in [0.3, 0.4) is 0 Å². The van der Waals surface area contributed by atoms with Crippen LogP contribution >= 0.6 is 0 Å². The molecule has 1 saturated carbocycles. The van der Waals surface area contributed by atoms with E-state index in [0.717, 1.165) is 38.3 Å². The molecule has 2 nitrogen and oxygen atoms in total. The Hall–Kier alpha value is -0.370. The zero-order chi connectivity index (χ0) is 10.9. The molecule has 0 amide bonds. The molecule has 2 atom stereocenters. The van der Waals surface area contributed by atoms with Gasteiger partial charge in [0.25, 0.3) is 0 Å². The standard InChI is InChI=1S/C13H23NO/c1-3-8-14-9-6-12(15)13(14)7-4-5-11(2)10-13/h11H,3-10H2,1-2H3. The van der Waals surface area contributed by atoms with E-state index in [-0.39, 0.29) is 5.54 Å². The molecule has 0 aromatic heterocycles. The Bertz CT molecular complexity index is 251. The van der Waals surface area contributed by atoms with Crippen molar-refractivity contribution in [2.45, 2.75) is 57.9 Å². The number of Topliss-reactive ketones (excluding diaryl/α,β-unsaturated/α-hetero) is 1. The maximum Gasteiger partial charge on any atom is 0.154 e. The summed E-state index contributed by atoms with van der Waals surface area (Å²) in [6.07, 6.45) is 6.76. The molecule has 1 spiro atoms. The normalized spacial score (nSPS) is 37.7. The Kier molecular flexibility index (Phi) is 3.15. The third kappa shape index (κ3) is 1.84. The lowest BCUT2D eigenvalue weighted by atomic mass is 9.74. The van der Waals surface area contributed by atoms with Crippen LogP contribution in [0.25, 0.3) is 0 Å². The first-order valence-corrected chi connectivity index (χ1v) is 6.47. The predicted molar refractivity (Wildman–Crippen MR) is 61.9 cm³/mol. The van der Waals surface area contributed by atoms with Gasteiger partial charge in [0.2, 0.25) is 0 Å². The topological polar surface area (TPSA) is 20.3 Å². The van der Waals surface area contributed by atoms with Crippen LogP contribution in [-0.2, 0) is 4.79 Å². The predicted octanol–water partition coefficient (Wildman–Crippen LogP) is 2.62. The summed E-state index contributed by atoms with van der Waals surface area (Å²) < 4.78 is 0.